The molecule has 1 aromatic rings. The number of para-hydroxylation sites is 1. The quantitative estimate of drug-likeness (QED) is 0.775. The first-order chi connectivity index (χ1) is 7.67. The molecule has 95 valence electrons. The second-order valence-electron chi connectivity index (χ2n) is 2.82. The summed E-state index contributed by atoms with van der Waals surface area (Å²) in [7, 11) is 0. The van der Waals surface area contributed by atoms with E-state index in [9.17, 15) is 26.3 Å². The van der Waals surface area contributed by atoms with E-state index in [0.717, 1.165) is 12.1 Å². The van der Waals surface area contributed by atoms with Crippen molar-refractivity contribution in [3.8, 4) is 11.5 Å². The van der Waals surface area contributed by atoms with E-state index >= 15 is 0 Å². The second-order valence-corrected chi connectivity index (χ2v) is 2.82. The van der Waals surface area contributed by atoms with Gasteiger partial charge in [0.25, 0.3) is 0 Å². The predicted molar refractivity (Wildman–Crippen MR) is 43.5 cm³/mol. The van der Waals surface area contributed by atoms with Gasteiger partial charge in [0.05, 0.1) is 0 Å². The highest BCUT2D eigenvalue weighted by Gasteiger charge is 2.33. The van der Waals surface area contributed by atoms with Crippen molar-refractivity contribution in [2.45, 2.75) is 12.5 Å². The van der Waals surface area contributed by atoms with Crippen molar-refractivity contribution >= 4 is 0 Å². The first kappa shape index (κ1) is 13.5. The van der Waals surface area contributed by atoms with Crippen LogP contribution in [-0.4, -0.2) is 19.1 Å². The van der Waals surface area contributed by atoms with Crippen LogP contribution < -0.4 is 9.47 Å². The molecule has 2 nitrogen and oxygen atoms in total. The topological polar surface area (TPSA) is 18.5 Å². The normalized spacial score (nSPS) is 12.4. The first-order valence-electron chi connectivity index (χ1n) is 4.13. The minimum atomic E-state index is -5.02. The molecule has 0 unspecified atom stereocenters. The van der Waals surface area contributed by atoms with Crippen molar-refractivity contribution in [2.75, 3.05) is 6.61 Å². The summed E-state index contributed by atoms with van der Waals surface area (Å²) < 4.78 is 78.7. The molecule has 0 atom stereocenters. The van der Waals surface area contributed by atoms with Crippen molar-refractivity contribution in [3.63, 3.8) is 0 Å². The van der Waals surface area contributed by atoms with Crippen LogP contribution in [0.3, 0.4) is 0 Å². The number of benzene rings is 1. The number of hydrogen-bond acceptors (Lipinski definition) is 2. The minimum absolute atomic E-state index is 0.679. The van der Waals surface area contributed by atoms with Gasteiger partial charge in [0, 0.05) is 6.07 Å². The van der Waals surface area contributed by atoms with Gasteiger partial charge in [-0.15, -0.1) is 13.2 Å². The summed E-state index contributed by atoms with van der Waals surface area (Å²) in [5.41, 5.74) is 0. The Morgan fingerprint density at radius 2 is 1.76 bits per heavy atom. The largest absolute Gasteiger partial charge is 0.573 e. The third kappa shape index (κ3) is 5.32. The van der Waals surface area contributed by atoms with E-state index in [0.29, 0.717) is 0 Å². The van der Waals surface area contributed by atoms with E-state index in [-0.39, 0.29) is 0 Å². The molecule has 8 heteroatoms. The van der Waals surface area contributed by atoms with Crippen LogP contribution in [0.4, 0.5) is 26.3 Å². The second kappa shape index (κ2) is 4.72. The van der Waals surface area contributed by atoms with Gasteiger partial charge in [0.15, 0.2) is 18.1 Å². The van der Waals surface area contributed by atoms with Crippen LogP contribution in [0.5, 0.6) is 11.5 Å². The van der Waals surface area contributed by atoms with Crippen molar-refractivity contribution in [1.29, 1.82) is 0 Å². The molecule has 0 spiro atoms. The lowest BCUT2D eigenvalue weighted by atomic mass is 10.3. The molecular formula is C9H5F6O2. The molecule has 0 aliphatic carbocycles. The van der Waals surface area contributed by atoms with Crippen LogP contribution in [-0.2, 0) is 0 Å². The molecule has 0 aromatic heterocycles. The third-order valence-electron chi connectivity index (χ3n) is 1.39. The van der Waals surface area contributed by atoms with Crippen molar-refractivity contribution < 1.29 is 35.8 Å². The van der Waals surface area contributed by atoms with E-state index in [1.807, 2.05) is 6.07 Å². The smallest absolute Gasteiger partial charge is 0.480 e. The summed E-state index contributed by atoms with van der Waals surface area (Å²) in [6.07, 6.45) is -9.67. The zero-order valence-electron chi connectivity index (χ0n) is 8.02. The molecule has 1 radical (unpaired) electrons. The highest BCUT2D eigenvalue weighted by Crippen LogP contribution is 2.32. The fourth-order valence-electron chi connectivity index (χ4n) is 0.875. The Bertz CT molecular complexity index is 370. The fraction of sp³-hybridized carbons (Fsp3) is 0.333. The zero-order valence-corrected chi connectivity index (χ0v) is 8.02. The molecule has 0 saturated carbocycles. The number of ether oxygens (including phenoxy) is 2. The summed E-state index contributed by atoms with van der Waals surface area (Å²) >= 11 is 0. The number of rotatable bonds is 3. The Hall–Kier alpha value is -1.60. The van der Waals surface area contributed by atoms with Crippen molar-refractivity contribution in [1.82, 2.24) is 0 Å². The van der Waals surface area contributed by atoms with E-state index in [1.165, 1.54) is 6.07 Å². The summed E-state index contributed by atoms with van der Waals surface area (Å²) in [6, 6.07) is 5.15. The lowest BCUT2D eigenvalue weighted by Gasteiger charge is -2.14. The monoisotopic (exact) mass is 259 g/mol. The highest BCUT2D eigenvalue weighted by molar-refractivity contribution is 5.38. The molecule has 0 heterocycles. The lowest BCUT2D eigenvalue weighted by molar-refractivity contribution is -0.275. The van der Waals surface area contributed by atoms with Gasteiger partial charge in [-0.2, -0.15) is 13.2 Å². The van der Waals surface area contributed by atoms with Gasteiger partial charge in [-0.05, 0) is 6.07 Å². The summed E-state index contributed by atoms with van der Waals surface area (Å²) in [5.74, 6) is -1.62. The average molecular weight is 259 g/mol. The van der Waals surface area contributed by atoms with E-state index in [2.05, 4.69) is 9.47 Å². The Kier molecular flexibility index (Phi) is 3.74. The maximum absolute atomic E-state index is 11.9. The average Bonchev–Trinajstić information content (AvgIpc) is 2.12. The number of hydrogen-bond donors (Lipinski definition) is 0. The summed E-state index contributed by atoms with van der Waals surface area (Å²) in [4.78, 5) is 0. The molecule has 1 rings (SSSR count). The van der Waals surface area contributed by atoms with Crippen LogP contribution in [0.2, 0.25) is 0 Å². The SMILES string of the molecule is FC(F)(F)COc1ccc[c]c1OC(F)(F)F. The molecule has 0 aliphatic rings. The van der Waals surface area contributed by atoms with Gasteiger partial charge < -0.3 is 9.47 Å². The zero-order chi connectivity index (χ0) is 13.1. The Morgan fingerprint density at radius 1 is 1.12 bits per heavy atom. The summed E-state index contributed by atoms with van der Waals surface area (Å²) in [6.45, 7) is -1.71. The van der Waals surface area contributed by atoms with Gasteiger partial charge >= 0.3 is 12.5 Å². The molecule has 0 aliphatic heterocycles. The van der Waals surface area contributed by atoms with Crippen molar-refractivity contribution in [2.24, 2.45) is 0 Å². The molecule has 0 amide bonds. The maximum Gasteiger partial charge on any atom is 0.573 e. The molecule has 0 N–H and O–H groups in total. The maximum atomic E-state index is 11.9. The molecule has 0 saturated heterocycles. The standard InChI is InChI=1S/C9H5F6O2/c10-8(11,12)5-16-6-3-1-2-4-7(6)17-9(13,14)15/h1-3H,5H2. The third-order valence-corrected chi connectivity index (χ3v) is 1.39. The van der Waals surface area contributed by atoms with E-state index < -0.39 is 30.6 Å². The van der Waals surface area contributed by atoms with Crippen molar-refractivity contribution in [3.05, 3.63) is 24.3 Å². The minimum Gasteiger partial charge on any atom is -0.480 e. The molecule has 0 fully saturated rings. The number of alkyl halides is 6. The van der Waals surface area contributed by atoms with Gasteiger partial charge in [-0.25, -0.2) is 0 Å². The van der Waals surface area contributed by atoms with Crippen LogP contribution in [0.25, 0.3) is 0 Å². The Morgan fingerprint density at radius 3 is 2.29 bits per heavy atom. The Labute approximate surface area is 91.7 Å². The summed E-state index contributed by atoms with van der Waals surface area (Å²) in [5, 5.41) is 0. The van der Waals surface area contributed by atoms with Crippen LogP contribution in [0.1, 0.15) is 0 Å². The predicted octanol–water partition coefficient (Wildman–Crippen LogP) is 3.33. The van der Waals surface area contributed by atoms with Crippen LogP contribution >= 0.6 is 0 Å². The van der Waals surface area contributed by atoms with Gasteiger partial charge in [0.1, 0.15) is 0 Å². The fourth-order valence-corrected chi connectivity index (χ4v) is 0.875. The van der Waals surface area contributed by atoms with Gasteiger partial charge in [-0.3, -0.25) is 0 Å². The molecule has 17 heavy (non-hydrogen) atoms. The molecular weight excluding hydrogens is 254 g/mol. The molecule has 1 aromatic carbocycles. The number of halogens is 6. The lowest BCUT2D eigenvalue weighted by Crippen LogP contribution is -2.21. The van der Waals surface area contributed by atoms with E-state index in [4.69, 9.17) is 0 Å². The first-order valence-corrected chi connectivity index (χ1v) is 4.13. The highest BCUT2D eigenvalue weighted by atomic mass is 19.4. The molecule has 0 bridgehead atoms. The van der Waals surface area contributed by atoms with Crippen LogP contribution in [0.15, 0.2) is 18.2 Å². The Balaban J connectivity index is 2.78. The van der Waals surface area contributed by atoms with Crippen LogP contribution in [0, 0.1) is 6.07 Å². The van der Waals surface area contributed by atoms with Gasteiger partial charge in [0.2, 0.25) is 0 Å². The van der Waals surface area contributed by atoms with E-state index in [1.54, 1.807) is 0 Å². The van der Waals surface area contributed by atoms with Gasteiger partial charge in [-0.1, -0.05) is 12.1 Å².